The van der Waals surface area contributed by atoms with Crippen LogP contribution in [0.2, 0.25) is 0 Å². The molecule has 2 unspecified atom stereocenters. The standard InChI is InChI=1S/C20H28O3/c1-14(2)20(11-15-4-3-5-16(10-15)12-20)17-6-8-18(9-7-17)23-13-19(21)22/h6-9,14-16H,3-5,10-13H2,1-2H3,(H,21,22). The highest BCUT2D eigenvalue weighted by atomic mass is 16.5. The summed E-state index contributed by atoms with van der Waals surface area (Å²) in [5.41, 5.74) is 1.69. The van der Waals surface area contributed by atoms with Crippen LogP contribution in [0.3, 0.4) is 0 Å². The highest BCUT2D eigenvalue weighted by Gasteiger charge is 2.44. The maximum absolute atomic E-state index is 10.6. The molecule has 0 aromatic heterocycles. The monoisotopic (exact) mass is 316 g/mol. The number of hydrogen-bond donors (Lipinski definition) is 1. The van der Waals surface area contributed by atoms with Gasteiger partial charge >= 0.3 is 5.97 Å². The fourth-order valence-electron chi connectivity index (χ4n) is 4.96. The second-order valence-electron chi connectivity index (χ2n) is 7.82. The third kappa shape index (κ3) is 3.39. The lowest BCUT2D eigenvalue weighted by atomic mass is 9.55. The van der Waals surface area contributed by atoms with Gasteiger partial charge in [0.2, 0.25) is 0 Å². The lowest BCUT2D eigenvalue weighted by Crippen LogP contribution is -2.42. The Kier molecular flexibility index (Phi) is 4.65. The molecule has 1 aromatic carbocycles. The van der Waals surface area contributed by atoms with E-state index in [1.807, 2.05) is 12.1 Å². The Hall–Kier alpha value is -1.51. The summed E-state index contributed by atoms with van der Waals surface area (Å²) in [6, 6.07) is 8.20. The third-order valence-corrected chi connectivity index (χ3v) is 6.09. The van der Waals surface area contributed by atoms with Crippen LogP contribution in [0.5, 0.6) is 5.75 Å². The highest BCUT2D eigenvalue weighted by Crippen LogP contribution is 2.53. The zero-order chi connectivity index (χ0) is 16.4. The van der Waals surface area contributed by atoms with Gasteiger partial charge in [0.25, 0.3) is 0 Å². The number of ether oxygens (including phenoxy) is 1. The van der Waals surface area contributed by atoms with Crippen molar-refractivity contribution in [3.05, 3.63) is 29.8 Å². The SMILES string of the molecule is CC(C)C1(c2ccc(OCC(=O)O)cc2)CC2CCCC(C2)C1. The normalized spacial score (nSPS) is 30.2. The summed E-state index contributed by atoms with van der Waals surface area (Å²) in [6.07, 6.45) is 8.22. The molecule has 2 aliphatic carbocycles. The van der Waals surface area contributed by atoms with Crippen LogP contribution in [0.15, 0.2) is 24.3 Å². The summed E-state index contributed by atoms with van der Waals surface area (Å²) in [5.74, 6) is 2.09. The van der Waals surface area contributed by atoms with E-state index in [1.165, 1.54) is 44.1 Å². The molecule has 0 spiro atoms. The minimum absolute atomic E-state index is 0.277. The maximum Gasteiger partial charge on any atom is 0.341 e. The molecule has 0 saturated heterocycles. The van der Waals surface area contributed by atoms with Crippen LogP contribution in [0, 0.1) is 17.8 Å². The number of rotatable bonds is 5. The van der Waals surface area contributed by atoms with Gasteiger partial charge in [0.1, 0.15) is 5.75 Å². The molecule has 2 bridgehead atoms. The summed E-state index contributed by atoms with van der Waals surface area (Å²) in [6.45, 7) is 4.44. The second-order valence-corrected chi connectivity index (χ2v) is 7.82. The molecule has 23 heavy (non-hydrogen) atoms. The quantitative estimate of drug-likeness (QED) is 0.860. The van der Waals surface area contributed by atoms with Crippen molar-refractivity contribution in [2.24, 2.45) is 17.8 Å². The number of carboxylic acid groups (broad SMARTS) is 1. The predicted molar refractivity (Wildman–Crippen MR) is 90.8 cm³/mol. The lowest BCUT2D eigenvalue weighted by Gasteiger charge is -2.50. The molecule has 126 valence electrons. The van der Waals surface area contributed by atoms with Crippen molar-refractivity contribution < 1.29 is 14.6 Å². The first-order valence-corrected chi connectivity index (χ1v) is 8.95. The van der Waals surface area contributed by atoms with E-state index in [4.69, 9.17) is 9.84 Å². The lowest BCUT2D eigenvalue weighted by molar-refractivity contribution is -0.139. The van der Waals surface area contributed by atoms with E-state index in [0.29, 0.717) is 11.7 Å². The highest BCUT2D eigenvalue weighted by molar-refractivity contribution is 5.68. The van der Waals surface area contributed by atoms with Crippen LogP contribution in [-0.4, -0.2) is 17.7 Å². The average molecular weight is 316 g/mol. The molecule has 0 amide bonds. The van der Waals surface area contributed by atoms with Crippen LogP contribution in [0.25, 0.3) is 0 Å². The van der Waals surface area contributed by atoms with Gasteiger partial charge in [-0.1, -0.05) is 45.2 Å². The number of benzene rings is 1. The number of hydrogen-bond acceptors (Lipinski definition) is 2. The first kappa shape index (κ1) is 16.4. The van der Waals surface area contributed by atoms with Gasteiger partial charge in [-0.15, -0.1) is 0 Å². The van der Waals surface area contributed by atoms with E-state index in [9.17, 15) is 4.79 Å². The summed E-state index contributed by atoms with van der Waals surface area (Å²) < 4.78 is 5.28. The van der Waals surface area contributed by atoms with Gasteiger partial charge in [0, 0.05) is 0 Å². The fourth-order valence-corrected chi connectivity index (χ4v) is 4.96. The van der Waals surface area contributed by atoms with Crippen LogP contribution in [0.1, 0.15) is 57.9 Å². The Balaban J connectivity index is 1.82. The van der Waals surface area contributed by atoms with Crippen molar-refractivity contribution in [2.45, 2.75) is 57.8 Å². The first-order chi connectivity index (χ1) is 11.0. The van der Waals surface area contributed by atoms with E-state index in [1.54, 1.807) is 0 Å². The summed E-state index contributed by atoms with van der Waals surface area (Å²) in [5, 5.41) is 8.71. The molecule has 2 aliphatic rings. The molecule has 0 aliphatic heterocycles. The van der Waals surface area contributed by atoms with E-state index >= 15 is 0 Å². The van der Waals surface area contributed by atoms with Gasteiger partial charge in [0.05, 0.1) is 0 Å². The van der Waals surface area contributed by atoms with Crippen LogP contribution >= 0.6 is 0 Å². The van der Waals surface area contributed by atoms with Crippen molar-refractivity contribution in [3.63, 3.8) is 0 Å². The fraction of sp³-hybridized carbons (Fsp3) is 0.650. The van der Waals surface area contributed by atoms with Crippen LogP contribution in [0.4, 0.5) is 0 Å². The van der Waals surface area contributed by atoms with Crippen molar-refractivity contribution >= 4 is 5.97 Å². The van der Waals surface area contributed by atoms with E-state index in [-0.39, 0.29) is 12.0 Å². The van der Waals surface area contributed by atoms with Crippen molar-refractivity contribution in [1.82, 2.24) is 0 Å². The Morgan fingerprint density at radius 2 is 1.83 bits per heavy atom. The summed E-state index contributed by atoms with van der Waals surface area (Å²) >= 11 is 0. The van der Waals surface area contributed by atoms with Gasteiger partial charge < -0.3 is 9.84 Å². The Morgan fingerprint density at radius 3 is 2.35 bits per heavy atom. The Morgan fingerprint density at radius 1 is 1.22 bits per heavy atom. The first-order valence-electron chi connectivity index (χ1n) is 8.95. The van der Waals surface area contributed by atoms with E-state index in [0.717, 1.165) is 11.8 Å². The minimum atomic E-state index is -0.937. The van der Waals surface area contributed by atoms with Crippen molar-refractivity contribution in [3.8, 4) is 5.75 Å². The zero-order valence-electron chi connectivity index (χ0n) is 14.3. The van der Waals surface area contributed by atoms with Gasteiger partial charge in [-0.05, 0) is 60.1 Å². The molecular weight excluding hydrogens is 288 g/mol. The van der Waals surface area contributed by atoms with Gasteiger partial charge in [-0.3, -0.25) is 0 Å². The number of aliphatic carboxylic acids is 1. The average Bonchev–Trinajstić information content (AvgIpc) is 2.52. The molecule has 2 fully saturated rings. The molecule has 0 radical (unpaired) electrons. The number of carbonyl (C=O) groups is 1. The van der Waals surface area contributed by atoms with E-state index in [2.05, 4.69) is 26.0 Å². The second kappa shape index (κ2) is 6.54. The molecule has 3 nitrogen and oxygen atoms in total. The topological polar surface area (TPSA) is 46.5 Å². The molecule has 1 aromatic rings. The smallest absolute Gasteiger partial charge is 0.341 e. The molecule has 2 saturated carbocycles. The maximum atomic E-state index is 10.6. The van der Waals surface area contributed by atoms with Gasteiger partial charge in [0.15, 0.2) is 6.61 Å². The predicted octanol–water partition coefficient (Wildman–Crippen LogP) is 4.64. The molecule has 0 heterocycles. The van der Waals surface area contributed by atoms with Gasteiger partial charge in [-0.2, -0.15) is 0 Å². The molecule has 3 rings (SSSR count). The number of fused-ring (bicyclic) bond motifs is 2. The summed E-state index contributed by atoms with van der Waals surface area (Å²) in [7, 11) is 0. The van der Waals surface area contributed by atoms with Gasteiger partial charge in [-0.25, -0.2) is 4.79 Å². The molecular formula is C20H28O3. The van der Waals surface area contributed by atoms with Crippen LogP contribution < -0.4 is 4.74 Å². The molecule has 3 heteroatoms. The minimum Gasteiger partial charge on any atom is -0.482 e. The third-order valence-electron chi connectivity index (χ3n) is 6.09. The largest absolute Gasteiger partial charge is 0.482 e. The van der Waals surface area contributed by atoms with Crippen LogP contribution in [-0.2, 0) is 10.2 Å². The van der Waals surface area contributed by atoms with Crippen molar-refractivity contribution in [1.29, 1.82) is 0 Å². The Bertz CT molecular complexity index is 535. The summed E-state index contributed by atoms with van der Waals surface area (Å²) in [4.78, 5) is 10.6. The van der Waals surface area contributed by atoms with Crippen molar-refractivity contribution in [2.75, 3.05) is 6.61 Å². The molecule has 2 atom stereocenters. The Labute approximate surface area is 139 Å². The number of carboxylic acids is 1. The van der Waals surface area contributed by atoms with E-state index < -0.39 is 5.97 Å². The zero-order valence-corrected chi connectivity index (χ0v) is 14.3. The molecule has 1 N–H and O–H groups in total.